The van der Waals surface area contributed by atoms with Gasteiger partial charge in [-0.15, -0.1) is 22.7 Å². The summed E-state index contributed by atoms with van der Waals surface area (Å²) in [4.78, 5) is 24.0. The van der Waals surface area contributed by atoms with Gasteiger partial charge < -0.3 is 0 Å². The summed E-state index contributed by atoms with van der Waals surface area (Å²) in [6, 6.07) is 10.1. The highest BCUT2D eigenvalue weighted by Crippen LogP contribution is 2.36. The lowest BCUT2D eigenvalue weighted by Crippen LogP contribution is -2.28. The van der Waals surface area contributed by atoms with Crippen LogP contribution in [0.5, 0.6) is 0 Å². The summed E-state index contributed by atoms with van der Waals surface area (Å²) in [6.45, 7) is 3.80. The zero-order valence-electron chi connectivity index (χ0n) is 15.0. The molecule has 138 valence electrons. The van der Waals surface area contributed by atoms with E-state index in [-0.39, 0.29) is 11.9 Å². The average Bonchev–Trinajstić information content (AvgIpc) is 3.39. The summed E-state index contributed by atoms with van der Waals surface area (Å²) in [5.74, 6) is 1.03. The predicted octanol–water partition coefficient (Wildman–Crippen LogP) is 4.69. The van der Waals surface area contributed by atoms with Crippen LogP contribution in [0.25, 0.3) is 0 Å². The van der Waals surface area contributed by atoms with Gasteiger partial charge in [0.1, 0.15) is 10.9 Å². The van der Waals surface area contributed by atoms with Crippen molar-refractivity contribution >= 4 is 46.1 Å². The van der Waals surface area contributed by atoms with Gasteiger partial charge >= 0.3 is 0 Å². The molecule has 0 bridgehead atoms. The molecule has 0 radical (unpaired) electrons. The van der Waals surface area contributed by atoms with Crippen LogP contribution in [-0.4, -0.2) is 32.3 Å². The number of aromatic nitrogens is 2. The van der Waals surface area contributed by atoms with Gasteiger partial charge in [0.2, 0.25) is 0 Å². The fourth-order valence-electron chi connectivity index (χ4n) is 2.99. The number of hydrogen-bond donors (Lipinski definition) is 0. The van der Waals surface area contributed by atoms with Gasteiger partial charge in [-0.1, -0.05) is 23.9 Å². The molecular weight excluding hydrogens is 396 g/mol. The second-order valence-electron chi connectivity index (χ2n) is 6.18. The Morgan fingerprint density at radius 1 is 1.22 bits per heavy atom. The van der Waals surface area contributed by atoms with Crippen LogP contribution in [0.4, 0.5) is 0 Å². The Kier molecular flexibility index (Phi) is 5.38. The maximum atomic E-state index is 13.0. The number of amides is 1. The van der Waals surface area contributed by atoms with Gasteiger partial charge in [0.15, 0.2) is 0 Å². The topological polar surface area (TPSA) is 58.5 Å². The van der Waals surface area contributed by atoms with E-state index in [9.17, 15) is 4.79 Å². The van der Waals surface area contributed by atoms with Crippen LogP contribution in [0.1, 0.15) is 33.7 Å². The molecule has 0 saturated heterocycles. The predicted molar refractivity (Wildman–Crippen MR) is 112 cm³/mol. The number of thiophene rings is 2. The second kappa shape index (κ2) is 7.92. The molecular formula is C19H18N4OS3. The fourth-order valence-corrected chi connectivity index (χ4v) is 5.38. The van der Waals surface area contributed by atoms with Gasteiger partial charge in [-0.05, 0) is 42.8 Å². The molecule has 27 heavy (non-hydrogen) atoms. The van der Waals surface area contributed by atoms with Crippen molar-refractivity contribution < 1.29 is 4.79 Å². The van der Waals surface area contributed by atoms with Crippen LogP contribution in [0.15, 0.2) is 51.2 Å². The Morgan fingerprint density at radius 3 is 2.74 bits per heavy atom. The zero-order valence-corrected chi connectivity index (χ0v) is 17.4. The first-order valence-corrected chi connectivity index (χ1v) is 11.3. The van der Waals surface area contributed by atoms with E-state index in [1.807, 2.05) is 42.8 Å². The first-order chi connectivity index (χ1) is 13.1. The highest BCUT2D eigenvalue weighted by Gasteiger charge is 2.33. The van der Waals surface area contributed by atoms with Gasteiger partial charge in [0, 0.05) is 17.0 Å². The lowest BCUT2D eigenvalue weighted by Gasteiger charge is -2.20. The molecule has 0 aliphatic carbocycles. The van der Waals surface area contributed by atoms with Crippen LogP contribution >= 0.6 is 34.4 Å². The van der Waals surface area contributed by atoms with Crippen molar-refractivity contribution in [2.45, 2.75) is 31.3 Å². The fraction of sp³-hybridized carbons (Fsp3) is 0.263. The number of hydrazone groups is 1. The summed E-state index contributed by atoms with van der Waals surface area (Å²) in [7, 11) is 0. The molecule has 1 unspecified atom stereocenters. The number of rotatable bonds is 5. The Hall–Kier alpha value is -2.03. The lowest BCUT2D eigenvalue weighted by atomic mass is 10.1. The maximum absolute atomic E-state index is 13.0. The largest absolute Gasteiger partial charge is 0.272 e. The highest BCUT2D eigenvalue weighted by atomic mass is 32.2. The molecule has 0 aromatic carbocycles. The lowest BCUT2D eigenvalue weighted by molar-refractivity contribution is -0.130. The van der Waals surface area contributed by atoms with E-state index in [1.54, 1.807) is 27.7 Å². The number of hydrogen-bond acceptors (Lipinski definition) is 7. The van der Waals surface area contributed by atoms with E-state index in [0.717, 1.165) is 38.4 Å². The van der Waals surface area contributed by atoms with Crippen molar-refractivity contribution in [1.82, 2.24) is 15.0 Å². The first-order valence-electron chi connectivity index (χ1n) is 8.52. The van der Waals surface area contributed by atoms with Crippen LogP contribution in [0, 0.1) is 13.8 Å². The Balaban J connectivity index is 1.53. The standard InChI is InChI=1S/C19H18N4OS3/c1-12-9-18(21-13(2)20-12)27-11-19(24)23-15(17-6-4-8-26-17)10-14(22-23)16-5-3-7-25-16/h3-9,15H,10-11H2,1-2H3. The van der Waals surface area contributed by atoms with Gasteiger partial charge in [0.05, 0.1) is 22.4 Å². The summed E-state index contributed by atoms with van der Waals surface area (Å²) < 4.78 is 0. The van der Waals surface area contributed by atoms with Crippen LogP contribution < -0.4 is 0 Å². The summed E-state index contributed by atoms with van der Waals surface area (Å²) >= 11 is 4.76. The molecule has 1 amide bonds. The molecule has 0 fully saturated rings. The monoisotopic (exact) mass is 414 g/mol. The highest BCUT2D eigenvalue weighted by molar-refractivity contribution is 7.99. The minimum atomic E-state index is -0.0240. The van der Waals surface area contributed by atoms with E-state index in [1.165, 1.54) is 11.8 Å². The van der Waals surface area contributed by atoms with E-state index in [0.29, 0.717) is 5.75 Å². The molecule has 1 aliphatic rings. The van der Waals surface area contributed by atoms with Crippen molar-refractivity contribution in [3.05, 3.63) is 62.4 Å². The van der Waals surface area contributed by atoms with E-state index in [2.05, 4.69) is 27.2 Å². The Morgan fingerprint density at radius 2 is 2.04 bits per heavy atom. The summed E-state index contributed by atoms with van der Waals surface area (Å²) in [6.07, 6.45) is 0.753. The average molecular weight is 415 g/mol. The normalized spacial score (nSPS) is 16.6. The molecule has 3 aromatic heterocycles. The smallest absolute Gasteiger partial charge is 0.253 e. The number of carbonyl (C=O) groups is 1. The summed E-state index contributed by atoms with van der Waals surface area (Å²) in [5, 5.41) is 11.3. The number of nitrogens with zero attached hydrogens (tertiary/aromatic N) is 4. The van der Waals surface area contributed by atoms with Gasteiger partial charge in [-0.3, -0.25) is 4.79 Å². The van der Waals surface area contributed by atoms with E-state index in [4.69, 9.17) is 0 Å². The molecule has 4 rings (SSSR count). The van der Waals surface area contributed by atoms with Crippen molar-refractivity contribution in [2.75, 3.05) is 5.75 Å². The number of thioether (sulfide) groups is 1. The number of carbonyl (C=O) groups excluding carboxylic acids is 1. The zero-order chi connectivity index (χ0) is 18.8. The molecule has 0 N–H and O–H groups in total. The third kappa shape index (κ3) is 4.12. The molecule has 8 heteroatoms. The van der Waals surface area contributed by atoms with Crippen molar-refractivity contribution in [2.24, 2.45) is 5.10 Å². The molecule has 5 nitrogen and oxygen atoms in total. The molecule has 1 aliphatic heterocycles. The molecule has 1 atom stereocenters. The Bertz CT molecular complexity index is 947. The second-order valence-corrected chi connectivity index (χ2v) is 9.10. The Labute approximate surface area is 170 Å². The minimum Gasteiger partial charge on any atom is -0.272 e. The SMILES string of the molecule is Cc1cc(SCC(=O)N2N=C(c3cccs3)CC2c2cccs2)nc(C)n1. The van der Waals surface area contributed by atoms with Gasteiger partial charge in [0.25, 0.3) is 5.91 Å². The van der Waals surface area contributed by atoms with Crippen molar-refractivity contribution in [3.8, 4) is 0 Å². The molecule has 3 aromatic rings. The van der Waals surface area contributed by atoms with Gasteiger partial charge in [-0.25, -0.2) is 15.0 Å². The van der Waals surface area contributed by atoms with Gasteiger partial charge in [-0.2, -0.15) is 5.10 Å². The van der Waals surface area contributed by atoms with Crippen molar-refractivity contribution in [1.29, 1.82) is 0 Å². The van der Waals surface area contributed by atoms with Crippen molar-refractivity contribution in [3.63, 3.8) is 0 Å². The summed E-state index contributed by atoms with van der Waals surface area (Å²) in [5.41, 5.74) is 1.89. The van der Waals surface area contributed by atoms with E-state index >= 15 is 0 Å². The quantitative estimate of drug-likeness (QED) is 0.449. The first kappa shape index (κ1) is 18.3. The third-order valence-electron chi connectivity index (χ3n) is 4.13. The van der Waals surface area contributed by atoms with Crippen LogP contribution in [0.3, 0.4) is 0 Å². The minimum absolute atomic E-state index is 0.00104. The molecule has 0 spiro atoms. The third-order valence-corrected chi connectivity index (χ3v) is 6.92. The maximum Gasteiger partial charge on any atom is 0.253 e. The van der Waals surface area contributed by atoms with E-state index < -0.39 is 0 Å². The van der Waals surface area contributed by atoms with Crippen LogP contribution in [0.2, 0.25) is 0 Å². The van der Waals surface area contributed by atoms with Crippen LogP contribution in [-0.2, 0) is 4.79 Å². The number of aryl methyl sites for hydroxylation is 2. The molecule has 4 heterocycles. The molecule has 0 saturated carbocycles.